The minimum absolute atomic E-state index is 0.0537. The maximum absolute atomic E-state index is 12.6. The maximum Gasteiger partial charge on any atom is 0.325 e. The number of nitrogens with one attached hydrogen (secondary N) is 1. The molecule has 1 saturated heterocycles. The molecule has 2 aliphatic rings. The van der Waals surface area contributed by atoms with Crippen LogP contribution in [0.1, 0.15) is 44.1 Å². The molecule has 3 rings (SSSR count). The summed E-state index contributed by atoms with van der Waals surface area (Å²) in [6.07, 6.45) is 3.53. The molecule has 3 amide bonds. The minimum atomic E-state index is -3.56. The van der Waals surface area contributed by atoms with Gasteiger partial charge in [-0.1, -0.05) is 25.0 Å². The second-order valence-corrected chi connectivity index (χ2v) is 10.0. The van der Waals surface area contributed by atoms with Crippen LogP contribution in [-0.4, -0.2) is 61.7 Å². The number of rotatable bonds is 8. The Morgan fingerprint density at radius 3 is 2.60 bits per heavy atom. The van der Waals surface area contributed by atoms with Gasteiger partial charge in [-0.3, -0.25) is 14.5 Å². The highest BCUT2D eigenvalue weighted by Crippen LogP contribution is 2.35. The van der Waals surface area contributed by atoms with Crippen LogP contribution in [0.3, 0.4) is 0 Å². The van der Waals surface area contributed by atoms with E-state index in [1.807, 2.05) is 0 Å². The largest absolute Gasteiger partial charge is 0.461 e. The van der Waals surface area contributed by atoms with Gasteiger partial charge in [0, 0.05) is 27.1 Å². The van der Waals surface area contributed by atoms with Crippen molar-refractivity contribution in [3.63, 3.8) is 0 Å². The zero-order chi connectivity index (χ0) is 21.9. The number of carbonyl (C=O) groups is 3. The number of esters is 1. The number of amides is 3. The first-order valence-corrected chi connectivity index (χ1v) is 11.4. The lowest BCUT2D eigenvalue weighted by molar-refractivity contribution is -0.145. The number of sulfonamides is 1. The summed E-state index contributed by atoms with van der Waals surface area (Å²) in [4.78, 5) is 38.0. The second kappa shape index (κ2) is 8.73. The third kappa shape index (κ3) is 4.49. The topological polar surface area (TPSA) is 113 Å². The fourth-order valence-electron chi connectivity index (χ4n) is 3.82. The average molecular weight is 438 g/mol. The first kappa shape index (κ1) is 22.2. The van der Waals surface area contributed by atoms with Crippen molar-refractivity contribution in [2.75, 3.05) is 20.6 Å². The van der Waals surface area contributed by atoms with Crippen LogP contribution in [0.15, 0.2) is 29.2 Å². The molecule has 1 heterocycles. The molecule has 1 N–H and O–H groups in total. The maximum atomic E-state index is 12.6. The molecule has 1 spiro atoms. The highest BCUT2D eigenvalue weighted by Gasteiger charge is 2.52. The molecule has 2 fully saturated rings. The molecule has 1 saturated carbocycles. The summed E-state index contributed by atoms with van der Waals surface area (Å²) >= 11 is 0. The van der Waals surface area contributed by atoms with Crippen LogP contribution in [0, 0.1) is 0 Å². The summed E-state index contributed by atoms with van der Waals surface area (Å²) in [7, 11) is -0.671. The van der Waals surface area contributed by atoms with Gasteiger partial charge in [0.25, 0.3) is 5.91 Å². The third-order valence-electron chi connectivity index (χ3n) is 5.54. The molecular formula is C20H27N3O6S. The lowest BCUT2D eigenvalue weighted by Crippen LogP contribution is -2.44. The highest BCUT2D eigenvalue weighted by molar-refractivity contribution is 7.89. The van der Waals surface area contributed by atoms with Crippen molar-refractivity contribution in [1.82, 2.24) is 14.5 Å². The van der Waals surface area contributed by atoms with E-state index in [9.17, 15) is 22.8 Å². The van der Waals surface area contributed by atoms with Crippen LogP contribution in [0.25, 0.3) is 0 Å². The standard InChI is InChI=1S/C20H27N3O6S/c1-22(2)30(27,28)16-8-5-7-15(13-16)14-29-17(24)9-6-12-23-18(25)20(21-19(23)26)10-3-4-11-20/h5,7-8,13H,3-4,6,9-12,14H2,1-2H3,(H,21,26). The predicted molar refractivity (Wildman–Crippen MR) is 108 cm³/mol. The summed E-state index contributed by atoms with van der Waals surface area (Å²) < 4.78 is 30.7. The van der Waals surface area contributed by atoms with Gasteiger partial charge in [-0.05, 0) is 37.0 Å². The number of imide groups is 1. The smallest absolute Gasteiger partial charge is 0.325 e. The number of benzene rings is 1. The molecule has 0 bridgehead atoms. The molecule has 0 unspecified atom stereocenters. The number of ether oxygens (including phenoxy) is 1. The summed E-state index contributed by atoms with van der Waals surface area (Å²) in [5, 5.41) is 2.81. The van der Waals surface area contributed by atoms with E-state index in [2.05, 4.69) is 5.32 Å². The highest BCUT2D eigenvalue weighted by atomic mass is 32.2. The van der Waals surface area contributed by atoms with E-state index in [4.69, 9.17) is 4.74 Å². The molecule has 1 aliphatic carbocycles. The van der Waals surface area contributed by atoms with E-state index in [1.165, 1.54) is 31.1 Å². The zero-order valence-corrected chi connectivity index (χ0v) is 18.0. The Morgan fingerprint density at radius 2 is 1.93 bits per heavy atom. The SMILES string of the molecule is CN(C)S(=O)(=O)c1cccc(COC(=O)CCCN2C(=O)NC3(CCCC3)C2=O)c1. The van der Waals surface area contributed by atoms with Crippen LogP contribution in [0.2, 0.25) is 0 Å². The fraction of sp³-hybridized carbons (Fsp3) is 0.550. The number of urea groups is 1. The van der Waals surface area contributed by atoms with Crippen molar-refractivity contribution < 1.29 is 27.5 Å². The molecule has 0 atom stereocenters. The summed E-state index contributed by atoms with van der Waals surface area (Å²) in [6.45, 7) is 0.111. The van der Waals surface area contributed by atoms with Crippen LogP contribution in [0.4, 0.5) is 4.79 Å². The van der Waals surface area contributed by atoms with E-state index >= 15 is 0 Å². The number of carbonyl (C=O) groups excluding carboxylic acids is 3. The van der Waals surface area contributed by atoms with Crippen molar-refractivity contribution in [1.29, 1.82) is 0 Å². The molecule has 30 heavy (non-hydrogen) atoms. The predicted octanol–water partition coefficient (Wildman–Crippen LogP) is 1.62. The quantitative estimate of drug-likeness (QED) is 0.488. The van der Waals surface area contributed by atoms with Gasteiger partial charge in [0.1, 0.15) is 12.1 Å². The van der Waals surface area contributed by atoms with Gasteiger partial charge >= 0.3 is 12.0 Å². The molecule has 1 aromatic carbocycles. The molecule has 9 nitrogen and oxygen atoms in total. The molecule has 0 radical (unpaired) electrons. The van der Waals surface area contributed by atoms with Gasteiger partial charge in [0.2, 0.25) is 10.0 Å². The van der Waals surface area contributed by atoms with Gasteiger partial charge in [-0.25, -0.2) is 17.5 Å². The summed E-state index contributed by atoms with van der Waals surface area (Å²) in [5.41, 5.74) is -0.182. The normalized spacial score (nSPS) is 18.3. The lowest BCUT2D eigenvalue weighted by Gasteiger charge is -2.19. The van der Waals surface area contributed by atoms with E-state index < -0.39 is 27.6 Å². The Bertz CT molecular complexity index is 938. The average Bonchev–Trinajstić information content (AvgIpc) is 3.26. The van der Waals surface area contributed by atoms with Gasteiger partial charge in [0.05, 0.1) is 4.90 Å². The number of nitrogens with zero attached hydrogens (tertiary/aromatic N) is 2. The van der Waals surface area contributed by atoms with Crippen LogP contribution >= 0.6 is 0 Å². The Labute approximate surface area is 176 Å². The van der Waals surface area contributed by atoms with Crippen molar-refractivity contribution in [2.45, 2.75) is 55.6 Å². The second-order valence-electron chi connectivity index (χ2n) is 7.88. The van der Waals surface area contributed by atoms with Crippen molar-refractivity contribution in [3.8, 4) is 0 Å². The number of hydrogen-bond acceptors (Lipinski definition) is 6. The Balaban J connectivity index is 1.47. The van der Waals surface area contributed by atoms with Crippen molar-refractivity contribution in [2.24, 2.45) is 0 Å². The molecule has 1 aliphatic heterocycles. The fourth-order valence-corrected chi connectivity index (χ4v) is 4.79. The van der Waals surface area contributed by atoms with E-state index in [0.717, 1.165) is 17.1 Å². The van der Waals surface area contributed by atoms with E-state index in [1.54, 1.807) is 12.1 Å². The molecule has 0 aromatic heterocycles. The summed E-state index contributed by atoms with van der Waals surface area (Å²) in [6, 6.07) is 5.83. The Morgan fingerprint density at radius 1 is 1.23 bits per heavy atom. The number of hydrogen-bond donors (Lipinski definition) is 1. The molecule has 164 valence electrons. The molecule has 10 heteroatoms. The Hall–Kier alpha value is -2.46. The molecule has 1 aromatic rings. The van der Waals surface area contributed by atoms with Gasteiger partial charge < -0.3 is 10.1 Å². The third-order valence-corrected chi connectivity index (χ3v) is 7.35. The first-order chi connectivity index (χ1) is 14.2. The van der Waals surface area contributed by atoms with Gasteiger partial charge in [0.15, 0.2) is 0 Å². The lowest BCUT2D eigenvalue weighted by atomic mass is 9.98. The molecular weight excluding hydrogens is 410 g/mol. The van der Waals surface area contributed by atoms with Crippen molar-refractivity contribution >= 4 is 27.9 Å². The van der Waals surface area contributed by atoms with E-state index in [0.29, 0.717) is 24.8 Å². The monoisotopic (exact) mass is 437 g/mol. The van der Waals surface area contributed by atoms with Gasteiger partial charge in [-0.2, -0.15) is 0 Å². The first-order valence-electron chi connectivity index (χ1n) is 9.97. The zero-order valence-electron chi connectivity index (χ0n) is 17.2. The van der Waals surface area contributed by atoms with Crippen LogP contribution in [-0.2, 0) is 31.0 Å². The Kier molecular flexibility index (Phi) is 6.47. The van der Waals surface area contributed by atoms with Crippen LogP contribution < -0.4 is 5.32 Å². The van der Waals surface area contributed by atoms with Crippen molar-refractivity contribution in [3.05, 3.63) is 29.8 Å². The van der Waals surface area contributed by atoms with E-state index in [-0.39, 0.29) is 30.4 Å². The summed E-state index contributed by atoms with van der Waals surface area (Å²) in [5.74, 6) is -0.671. The van der Waals surface area contributed by atoms with Gasteiger partial charge in [-0.15, -0.1) is 0 Å². The van der Waals surface area contributed by atoms with Crippen LogP contribution in [0.5, 0.6) is 0 Å². The minimum Gasteiger partial charge on any atom is -0.461 e.